The Balaban J connectivity index is 2.46. The number of carbonyl (C=O) groups is 1. The third-order valence-electron chi connectivity index (χ3n) is 3.47. The van der Waals surface area contributed by atoms with Crippen LogP contribution in [0.1, 0.15) is 6.92 Å². The third-order valence-corrected chi connectivity index (χ3v) is 5.13. The fourth-order valence-corrected chi connectivity index (χ4v) is 3.48. The van der Waals surface area contributed by atoms with Gasteiger partial charge in [-0.25, -0.2) is 12.8 Å². The average Bonchev–Trinajstić information content (AvgIpc) is 2.53. The third kappa shape index (κ3) is 4.21. The summed E-state index contributed by atoms with van der Waals surface area (Å²) in [6.07, 6.45) is 0. The highest BCUT2D eigenvalue weighted by molar-refractivity contribution is 7.92. The lowest BCUT2D eigenvalue weighted by Gasteiger charge is -2.20. The highest BCUT2D eigenvalue weighted by atomic mass is 35.5. The second-order valence-corrected chi connectivity index (χ2v) is 7.23. The molecule has 6 nitrogen and oxygen atoms in total. The van der Waals surface area contributed by atoms with Gasteiger partial charge in [0.15, 0.2) is 0 Å². The van der Waals surface area contributed by atoms with Crippen LogP contribution in [0.15, 0.2) is 41.3 Å². The minimum atomic E-state index is -4.05. The molecule has 0 atom stereocenters. The van der Waals surface area contributed by atoms with E-state index in [9.17, 15) is 17.6 Å². The van der Waals surface area contributed by atoms with Crippen LogP contribution in [0.3, 0.4) is 0 Å². The standard InChI is InChI=1S/C16H16ClFN2O4S/c1-10(21)20(2)15-6-4-11(18)8-14(15)19-25(22,23)12-5-7-16(24-3)13(17)9-12/h4-9,19H,1-3H3. The van der Waals surface area contributed by atoms with E-state index in [1.165, 1.54) is 50.2 Å². The van der Waals surface area contributed by atoms with Gasteiger partial charge in [-0.1, -0.05) is 11.6 Å². The van der Waals surface area contributed by atoms with Gasteiger partial charge in [0.05, 0.1) is 28.4 Å². The van der Waals surface area contributed by atoms with Gasteiger partial charge in [0.2, 0.25) is 5.91 Å². The van der Waals surface area contributed by atoms with Crippen LogP contribution in [0.4, 0.5) is 15.8 Å². The maximum Gasteiger partial charge on any atom is 0.262 e. The van der Waals surface area contributed by atoms with Crippen LogP contribution in [0.5, 0.6) is 5.75 Å². The highest BCUT2D eigenvalue weighted by Gasteiger charge is 2.20. The molecule has 9 heteroatoms. The Labute approximate surface area is 150 Å². The molecule has 2 aromatic carbocycles. The van der Waals surface area contributed by atoms with E-state index in [2.05, 4.69) is 4.72 Å². The molecule has 0 bridgehead atoms. The second-order valence-electron chi connectivity index (χ2n) is 5.14. The first-order valence-corrected chi connectivity index (χ1v) is 8.92. The lowest BCUT2D eigenvalue weighted by Crippen LogP contribution is -2.25. The molecule has 0 spiro atoms. The van der Waals surface area contributed by atoms with E-state index in [-0.39, 0.29) is 27.2 Å². The van der Waals surface area contributed by atoms with Crippen molar-refractivity contribution in [3.8, 4) is 5.75 Å². The second kappa shape index (κ2) is 7.28. The maximum atomic E-state index is 13.6. The normalized spacial score (nSPS) is 11.1. The first kappa shape index (κ1) is 19.0. The van der Waals surface area contributed by atoms with E-state index in [1.54, 1.807) is 0 Å². The number of ether oxygens (including phenoxy) is 1. The molecule has 2 rings (SSSR count). The highest BCUT2D eigenvalue weighted by Crippen LogP contribution is 2.31. The molecule has 1 amide bonds. The molecule has 0 aliphatic carbocycles. The number of amides is 1. The number of carbonyl (C=O) groups excluding carboxylic acids is 1. The molecule has 2 aromatic rings. The average molecular weight is 387 g/mol. The van der Waals surface area contributed by atoms with Crippen molar-refractivity contribution in [1.29, 1.82) is 0 Å². The van der Waals surface area contributed by atoms with Crippen molar-refractivity contribution in [2.24, 2.45) is 0 Å². The number of rotatable bonds is 5. The molecule has 0 unspecified atom stereocenters. The predicted octanol–water partition coefficient (Wildman–Crippen LogP) is 3.27. The Morgan fingerprint density at radius 2 is 1.92 bits per heavy atom. The van der Waals surface area contributed by atoms with Crippen LogP contribution in [-0.4, -0.2) is 28.5 Å². The molecule has 1 N–H and O–H groups in total. The van der Waals surface area contributed by atoms with Gasteiger partial charge in [-0.3, -0.25) is 9.52 Å². The van der Waals surface area contributed by atoms with Gasteiger partial charge in [-0.2, -0.15) is 0 Å². The van der Waals surface area contributed by atoms with Crippen molar-refractivity contribution < 1.29 is 22.3 Å². The zero-order chi connectivity index (χ0) is 18.8. The summed E-state index contributed by atoms with van der Waals surface area (Å²) in [6, 6.07) is 7.38. The quantitative estimate of drug-likeness (QED) is 0.855. The molecule has 0 aliphatic rings. The van der Waals surface area contributed by atoms with E-state index in [0.717, 1.165) is 12.1 Å². The number of nitrogens with zero attached hydrogens (tertiary/aromatic N) is 1. The summed E-state index contributed by atoms with van der Waals surface area (Å²) >= 11 is 5.96. The Morgan fingerprint density at radius 3 is 2.48 bits per heavy atom. The Bertz CT molecular complexity index is 918. The first-order valence-electron chi connectivity index (χ1n) is 7.06. The SMILES string of the molecule is COc1ccc(S(=O)(=O)Nc2cc(F)ccc2N(C)C(C)=O)cc1Cl. The van der Waals surface area contributed by atoms with Gasteiger partial charge in [-0.05, 0) is 30.3 Å². The number of halogens is 2. The first-order chi connectivity index (χ1) is 11.7. The minimum Gasteiger partial charge on any atom is -0.495 e. The van der Waals surface area contributed by atoms with E-state index >= 15 is 0 Å². The molecule has 0 aromatic heterocycles. The number of anilines is 2. The number of hydrogen-bond donors (Lipinski definition) is 1. The van der Waals surface area contributed by atoms with Crippen molar-refractivity contribution in [1.82, 2.24) is 0 Å². The van der Waals surface area contributed by atoms with Crippen LogP contribution >= 0.6 is 11.6 Å². The molecule has 0 saturated heterocycles. The summed E-state index contributed by atoms with van der Waals surface area (Å²) in [7, 11) is -1.19. The number of sulfonamides is 1. The topological polar surface area (TPSA) is 75.7 Å². The Kier molecular flexibility index (Phi) is 5.54. The fourth-order valence-electron chi connectivity index (χ4n) is 2.07. The summed E-state index contributed by atoms with van der Waals surface area (Å²) in [6.45, 7) is 1.31. The van der Waals surface area contributed by atoms with E-state index < -0.39 is 15.8 Å². The number of methoxy groups -OCH3 is 1. The predicted molar refractivity (Wildman–Crippen MR) is 94.3 cm³/mol. The summed E-state index contributed by atoms with van der Waals surface area (Å²) < 4.78 is 46.0. The van der Waals surface area contributed by atoms with E-state index in [1.807, 2.05) is 0 Å². The maximum absolute atomic E-state index is 13.6. The smallest absolute Gasteiger partial charge is 0.262 e. The number of hydrogen-bond acceptors (Lipinski definition) is 4. The summed E-state index contributed by atoms with van der Waals surface area (Å²) in [5.41, 5.74) is 0.154. The monoisotopic (exact) mass is 386 g/mol. The summed E-state index contributed by atoms with van der Waals surface area (Å²) in [5.74, 6) is -0.658. The minimum absolute atomic E-state index is 0.0651. The lowest BCUT2D eigenvalue weighted by atomic mass is 10.2. The van der Waals surface area contributed by atoms with Crippen LogP contribution in [0.25, 0.3) is 0 Å². The van der Waals surface area contributed by atoms with Crippen LogP contribution in [-0.2, 0) is 14.8 Å². The fraction of sp³-hybridized carbons (Fsp3) is 0.188. The largest absolute Gasteiger partial charge is 0.495 e. The van der Waals surface area contributed by atoms with Crippen LogP contribution < -0.4 is 14.4 Å². The van der Waals surface area contributed by atoms with Crippen molar-refractivity contribution in [2.75, 3.05) is 23.8 Å². The molecule has 0 radical (unpaired) electrons. The molecule has 0 aliphatic heterocycles. The molecule has 0 heterocycles. The molecular weight excluding hydrogens is 371 g/mol. The molecular formula is C16H16ClFN2O4S. The van der Waals surface area contributed by atoms with E-state index in [4.69, 9.17) is 16.3 Å². The Morgan fingerprint density at radius 1 is 1.24 bits per heavy atom. The van der Waals surface area contributed by atoms with Gasteiger partial charge < -0.3 is 9.64 Å². The van der Waals surface area contributed by atoms with Gasteiger partial charge in [0.25, 0.3) is 10.0 Å². The van der Waals surface area contributed by atoms with Gasteiger partial charge in [0, 0.05) is 20.0 Å². The van der Waals surface area contributed by atoms with Crippen molar-refractivity contribution in [3.05, 3.63) is 47.2 Å². The van der Waals surface area contributed by atoms with Gasteiger partial charge in [0.1, 0.15) is 11.6 Å². The van der Waals surface area contributed by atoms with E-state index in [0.29, 0.717) is 5.75 Å². The van der Waals surface area contributed by atoms with Crippen molar-refractivity contribution in [2.45, 2.75) is 11.8 Å². The molecule has 0 saturated carbocycles. The zero-order valence-corrected chi connectivity index (χ0v) is 15.3. The van der Waals surface area contributed by atoms with Crippen LogP contribution in [0.2, 0.25) is 5.02 Å². The number of benzene rings is 2. The molecule has 0 fully saturated rings. The zero-order valence-electron chi connectivity index (χ0n) is 13.7. The number of nitrogens with one attached hydrogen (secondary N) is 1. The van der Waals surface area contributed by atoms with Gasteiger partial charge >= 0.3 is 0 Å². The molecule has 25 heavy (non-hydrogen) atoms. The summed E-state index contributed by atoms with van der Waals surface area (Å²) in [4.78, 5) is 12.6. The Hall–Kier alpha value is -2.32. The lowest BCUT2D eigenvalue weighted by molar-refractivity contribution is -0.116. The van der Waals surface area contributed by atoms with Crippen molar-refractivity contribution >= 4 is 38.9 Å². The van der Waals surface area contributed by atoms with Crippen molar-refractivity contribution in [3.63, 3.8) is 0 Å². The van der Waals surface area contributed by atoms with Crippen LogP contribution in [0, 0.1) is 5.82 Å². The molecule has 134 valence electrons. The van der Waals surface area contributed by atoms with Gasteiger partial charge in [-0.15, -0.1) is 0 Å². The summed E-state index contributed by atoms with van der Waals surface area (Å²) in [5, 5.41) is 0.116.